The van der Waals surface area contributed by atoms with Crippen molar-refractivity contribution in [2.75, 3.05) is 20.2 Å². The van der Waals surface area contributed by atoms with Gasteiger partial charge in [0.2, 0.25) is 0 Å². The Bertz CT molecular complexity index is 361. The Labute approximate surface area is 97.5 Å². The van der Waals surface area contributed by atoms with Crippen LogP contribution in [0.15, 0.2) is 30.0 Å². The van der Waals surface area contributed by atoms with Crippen molar-refractivity contribution in [1.29, 1.82) is 0 Å². The molecule has 0 radical (unpaired) electrons. The lowest BCUT2D eigenvalue weighted by Crippen LogP contribution is -2.16. The smallest absolute Gasteiger partial charge is 0.118 e. The molecule has 0 amide bonds. The average molecular weight is 217 g/mol. The number of rotatable bonds is 3. The van der Waals surface area contributed by atoms with Gasteiger partial charge in [0.1, 0.15) is 5.75 Å². The molecule has 0 aromatic heterocycles. The fourth-order valence-electron chi connectivity index (χ4n) is 2.10. The second-order valence-electron chi connectivity index (χ2n) is 4.25. The first-order valence-corrected chi connectivity index (χ1v) is 5.87. The number of benzene rings is 1. The van der Waals surface area contributed by atoms with Crippen molar-refractivity contribution < 1.29 is 4.74 Å². The summed E-state index contributed by atoms with van der Waals surface area (Å²) in [5, 5.41) is 0. The van der Waals surface area contributed by atoms with E-state index in [2.05, 4.69) is 30.0 Å². The predicted octanol–water partition coefficient (Wildman–Crippen LogP) is 3.15. The van der Waals surface area contributed by atoms with Gasteiger partial charge in [0.05, 0.1) is 7.11 Å². The van der Waals surface area contributed by atoms with Gasteiger partial charge in [-0.25, -0.2) is 0 Å². The summed E-state index contributed by atoms with van der Waals surface area (Å²) in [6.07, 6.45) is 4.90. The third-order valence-electron chi connectivity index (χ3n) is 3.10. The van der Waals surface area contributed by atoms with Gasteiger partial charge in [-0.15, -0.1) is 0 Å². The van der Waals surface area contributed by atoms with Crippen molar-refractivity contribution in [2.24, 2.45) is 0 Å². The molecule has 0 bridgehead atoms. The number of allylic oxidation sites excluding steroid dienone is 1. The van der Waals surface area contributed by atoms with Gasteiger partial charge in [0.25, 0.3) is 0 Å². The van der Waals surface area contributed by atoms with E-state index in [1.54, 1.807) is 7.11 Å². The molecule has 1 heterocycles. The minimum Gasteiger partial charge on any atom is -0.497 e. The van der Waals surface area contributed by atoms with Gasteiger partial charge in [0.15, 0.2) is 0 Å². The molecule has 2 rings (SSSR count). The summed E-state index contributed by atoms with van der Waals surface area (Å²) >= 11 is 0. The number of likely N-dealkylation sites (tertiary alicyclic amines) is 1. The first-order chi connectivity index (χ1) is 7.79. The molecule has 1 aliphatic heterocycles. The van der Waals surface area contributed by atoms with Crippen molar-refractivity contribution in [3.63, 3.8) is 0 Å². The average Bonchev–Trinajstić information content (AvgIpc) is 2.83. The molecule has 86 valence electrons. The Morgan fingerprint density at radius 3 is 2.38 bits per heavy atom. The van der Waals surface area contributed by atoms with Crippen molar-refractivity contribution in [3.05, 3.63) is 35.5 Å². The van der Waals surface area contributed by atoms with Gasteiger partial charge in [0, 0.05) is 18.8 Å². The summed E-state index contributed by atoms with van der Waals surface area (Å²) in [6, 6.07) is 8.20. The van der Waals surface area contributed by atoms with Crippen LogP contribution in [0, 0.1) is 0 Å². The number of methoxy groups -OCH3 is 1. The van der Waals surface area contributed by atoms with Gasteiger partial charge < -0.3 is 9.64 Å². The monoisotopic (exact) mass is 217 g/mol. The lowest BCUT2D eigenvalue weighted by Gasteiger charge is -2.18. The molecular formula is C14H19NO. The van der Waals surface area contributed by atoms with E-state index >= 15 is 0 Å². The summed E-state index contributed by atoms with van der Waals surface area (Å²) in [6.45, 7) is 4.60. The predicted molar refractivity (Wildman–Crippen MR) is 67.5 cm³/mol. The quantitative estimate of drug-likeness (QED) is 0.771. The molecule has 0 aliphatic carbocycles. The molecule has 0 spiro atoms. The summed E-state index contributed by atoms with van der Waals surface area (Å²) in [4.78, 5) is 2.45. The SMILES string of the molecule is COc1ccc(C=C(C)N2CCCC2)cc1. The number of ether oxygens (including phenoxy) is 1. The van der Waals surface area contributed by atoms with Crippen LogP contribution in [0.5, 0.6) is 5.75 Å². The highest BCUT2D eigenvalue weighted by Gasteiger charge is 2.10. The van der Waals surface area contributed by atoms with Crippen LogP contribution in [-0.2, 0) is 0 Å². The van der Waals surface area contributed by atoms with Crippen LogP contribution < -0.4 is 4.74 Å². The van der Waals surface area contributed by atoms with E-state index in [0.717, 1.165) is 5.75 Å². The van der Waals surface area contributed by atoms with Crippen LogP contribution in [0.4, 0.5) is 0 Å². The van der Waals surface area contributed by atoms with Gasteiger partial charge in [-0.3, -0.25) is 0 Å². The van der Waals surface area contributed by atoms with Crippen molar-refractivity contribution >= 4 is 6.08 Å². The summed E-state index contributed by atoms with van der Waals surface area (Å²) in [5.74, 6) is 0.913. The molecule has 1 fully saturated rings. The Morgan fingerprint density at radius 2 is 1.81 bits per heavy atom. The number of hydrogen-bond acceptors (Lipinski definition) is 2. The molecule has 1 aliphatic rings. The van der Waals surface area contributed by atoms with Gasteiger partial charge in [-0.05, 0) is 43.5 Å². The van der Waals surface area contributed by atoms with E-state index < -0.39 is 0 Å². The lowest BCUT2D eigenvalue weighted by molar-refractivity contribution is 0.414. The minimum absolute atomic E-state index is 0.913. The zero-order valence-electron chi connectivity index (χ0n) is 10.1. The Morgan fingerprint density at radius 1 is 1.19 bits per heavy atom. The van der Waals surface area contributed by atoms with E-state index in [4.69, 9.17) is 4.74 Å². The molecule has 1 aromatic rings. The summed E-state index contributed by atoms with van der Waals surface area (Å²) in [7, 11) is 1.69. The Balaban J connectivity index is 2.08. The van der Waals surface area contributed by atoms with E-state index in [0.29, 0.717) is 0 Å². The van der Waals surface area contributed by atoms with Crippen LogP contribution in [0.3, 0.4) is 0 Å². The number of nitrogens with zero attached hydrogens (tertiary/aromatic N) is 1. The molecule has 0 N–H and O–H groups in total. The lowest BCUT2D eigenvalue weighted by atomic mass is 10.2. The van der Waals surface area contributed by atoms with Crippen LogP contribution in [0.1, 0.15) is 25.3 Å². The van der Waals surface area contributed by atoms with Crippen molar-refractivity contribution in [3.8, 4) is 5.75 Å². The fraction of sp³-hybridized carbons (Fsp3) is 0.429. The van der Waals surface area contributed by atoms with Crippen LogP contribution in [-0.4, -0.2) is 25.1 Å². The third kappa shape index (κ3) is 2.57. The highest BCUT2D eigenvalue weighted by molar-refractivity contribution is 5.53. The maximum Gasteiger partial charge on any atom is 0.118 e. The molecule has 2 nitrogen and oxygen atoms in total. The van der Waals surface area contributed by atoms with E-state index in [1.165, 1.54) is 37.2 Å². The van der Waals surface area contributed by atoms with Crippen molar-refractivity contribution in [1.82, 2.24) is 4.90 Å². The molecule has 0 unspecified atom stereocenters. The van der Waals surface area contributed by atoms with Crippen molar-refractivity contribution in [2.45, 2.75) is 19.8 Å². The molecule has 2 heteroatoms. The Kier molecular flexibility index (Phi) is 3.50. The first-order valence-electron chi connectivity index (χ1n) is 5.87. The van der Waals surface area contributed by atoms with Crippen LogP contribution >= 0.6 is 0 Å². The summed E-state index contributed by atoms with van der Waals surface area (Å²) < 4.78 is 5.14. The largest absolute Gasteiger partial charge is 0.497 e. The second kappa shape index (κ2) is 5.06. The van der Waals surface area contributed by atoms with Gasteiger partial charge >= 0.3 is 0 Å². The van der Waals surface area contributed by atoms with E-state index in [-0.39, 0.29) is 0 Å². The zero-order valence-corrected chi connectivity index (χ0v) is 10.1. The highest BCUT2D eigenvalue weighted by Crippen LogP contribution is 2.18. The first kappa shape index (κ1) is 11.1. The maximum atomic E-state index is 5.14. The molecule has 16 heavy (non-hydrogen) atoms. The summed E-state index contributed by atoms with van der Waals surface area (Å²) in [5.41, 5.74) is 2.60. The highest BCUT2D eigenvalue weighted by atomic mass is 16.5. The fourth-order valence-corrected chi connectivity index (χ4v) is 2.10. The maximum absolute atomic E-state index is 5.14. The van der Waals surface area contributed by atoms with Crippen LogP contribution in [0.2, 0.25) is 0 Å². The van der Waals surface area contributed by atoms with Crippen LogP contribution in [0.25, 0.3) is 6.08 Å². The Hall–Kier alpha value is -1.44. The standard InChI is InChI=1S/C14H19NO/c1-12(15-9-3-4-10-15)11-13-5-7-14(16-2)8-6-13/h5-8,11H,3-4,9-10H2,1-2H3. The molecule has 1 aromatic carbocycles. The minimum atomic E-state index is 0.913. The molecule has 0 saturated carbocycles. The third-order valence-corrected chi connectivity index (χ3v) is 3.10. The van der Waals surface area contributed by atoms with E-state index in [1.807, 2.05) is 12.1 Å². The normalized spacial score (nSPS) is 16.6. The number of hydrogen-bond donors (Lipinski definition) is 0. The molecule has 0 atom stereocenters. The molecular weight excluding hydrogens is 198 g/mol. The molecule has 1 saturated heterocycles. The second-order valence-corrected chi connectivity index (χ2v) is 4.25. The van der Waals surface area contributed by atoms with Gasteiger partial charge in [-0.1, -0.05) is 12.1 Å². The zero-order chi connectivity index (χ0) is 11.4. The topological polar surface area (TPSA) is 12.5 Å². The van der Waals surface area contributed by atoms with E-state index in [9.17, 15) is 0 Å². The van der Waals surface area contributed by atoms with Gasteiger partial charge in [-0.2, -0.15) is 0 Å².